The van der Waals surface area contributed by atoms with Gasteiger partial charge in [-0.1, -0.05) is 11.6 Å². The minimum Gasteiger partial charge on any atom is -0.481 e. The third-order valence-electron chi connectivity index (χ3n) is 2.35. The molecule has 0 saturated carbocycles. The fourth-order valence-corrected chi connectivity index (χ4v) is 1.69. The standard InChI is InChI=1S/C12H18ClN3O4/c1-12(2,3)20-11(19)15-7(5-9(17)18)10-14-6-8(13)16(10)4/h6-7H,5H2,1-4H3,(H,15,19)(H,17,18)/t7-/m1/s1. The van der Waals surface area contributed by atoms with Gasteiger partial charge in [-0.3, -0.25) is 4.79 Å². The van der Waals surface area contributed by atoms with Crippen molar-refractivity contribution in [2.75, 3.05) is 0 Å². The molecular formula is C12H18ClN3O4. The van der Waals surface area contributed by atoms with Gasteiger partial charge in [0.05, 0.1) is 12.6 Å². The van der Waals surface area contributed by atoms with E-state index in [2.05, 4.69) is 10.3 Å². The summed E-state index contributed by atoms with van der Waals surface area (Å²) in [6, 6.07) is -0.820. The van der Waals surface area contributed by atoms with Crippen LogP contribution < -0.4 is 5.32 Å². The maximum atomic E-state index is 11.7. The predicted molar refractivity (Wildman–Crippen MR) is 72.6 cm³/mol. The number of ether oxygens (including phenoxy) is 1. The van der Waals surface area contributed by atoms with E-state index in [4.69, 9.17) is 21.4 Å². The zero-order valence-electron chi connectivity index (χ0n) is 11.8. The Morgan fingerprint density at radius 2 is 2.15 bits per heavy atom. The summed E-state index contributed by atoms with van der Waals surface area (Å²) in [6.07, 6.45) is 0.367. The van der Waals surface area contributed by atoms with Crippen LogP contribution in [0.3, 0.4) is 0 Å². The van der Waals surface area contributed by atoms with Crippen molar-refractivity contribution < 1.29 is 19.4 Å². The lowest BCUT2D eigenvalue weighted by atomic mass is 10.2. The number of nitrogens with one attached hydrogen (secondary N) is 1. The second-order valence-corrected chi connectivity index (χ2v) is 5.68. The van der Waals surface area contributed by atoms with E-state index in [1.807, 2.05) is 0 Å². The van der Waals surface area contributed by atoms with Gasteiger partial charge >= 0.3 is 12.1 Å². The molecule has 1 aromatic rings. The van der Waals surface area contributed by atoms with Gasteiger partial charge in [-0.2, -0.15) is 0 Å². The van der Waals surface area contributed by atoms with Crippen LogP contribution in [-0.4, -0.2) is 32.3 Å². The van der Waals surface area contributed by atoms with E-state index < -0.39 is 23.7 Å². The molecule has 0 bridgehead atoms. The maximum Gasteiger partial charge on any atom is 0.408 e. The van der Waals surface area contributed by atoms with Gasteiger partial charge in [0.15, 0.2) is 0 Å². The summed E-state index contributed by atoms with van der Waals surface area (Å²) < 4.78 is 6.61. The fourth-order valence-electron chi connectivity index (χ4n) is 1.56. The van der Waals surface area contributed by atoms with Gasteiger partial charge in [0.25, 0.3) is 0 Å². The molecule has 8 heteroatoms. The molecule has 2 N–H and O–H groups in total. The lowest BCUT2D eigenvalue weighted by molar-refractivity contribution is -0.137. The van der Waals surface area contributed by atoms with Crippen molar-refractivity contribution in [3.05, 3.63) is 17.2 Å². The third-order valence-corrected chi connectivity index (χ3v) is 2.70. The molecule has 0 aliphatic rings. The summed E-state index contributed by atoms with van der Waals surface area (Å²) in [7, 11) is 1.64. The highest BCUT2D eigenvalue weighted by Gasteiger charge is 2.25. The molecule has 7 nitrogen and oxygen atoms in total. The molecule has 1 amide bonds. The average molecular weight is 304 g/mol. The monoisotopic (exact) mass is 303 g/mol. The van der Waals surface area contributed by atoms with Crippen LogP contribution in [0.2, 0.25) is 5.15 Å². The SMILES string of the molecule is Cn1c(Cl)cnc1[C@@H](CC(=O)O)NC(=O)OC(C)(C)C. The summed E-state index contributed by atoms with van der Waals surface area (Å²) in [5, 5.41) is 11.8. The molecule has 1 atom stereocenters. The molecular weight excluding hydrogens is 286 g/mol. The first-order chi connectivity index (χ1) is 9.10. The van der Waals surface area contributed by atoms with Crippen LogP contribution in [-0.2, 0) is 16.6 Å². The summed E-state index contributed by atoms with van der Waals surface area (Å²) >= 11 is 5.86. The number of halogens is 1. The van der Waals surface area contributed by atoms with E-state index in [1.165, 1.54) is 10.8 Å². The number of hydrogen-bond donors (Lipinski definition) is 2. The van der Waals surface area contributed by atoms with Crippen molar-refractivity contribution in [1.29, 1.82) is 0 Å². The first-order valence-corrected chi connectivity index (χ1v) is 6.36. The number of carboxylic acids is 1. The zero-order chi connectivity index (χ0) is 15.5. The van der Waals surface area contributed by atoms with Crippen LogP contribution in [0.1, 0.15) is 39.1 Å². The molecule has 1 aromatic heterocycles. The lowest BCUT2D eigenvalue weighted by Crippen LogP contribution is -2.36. The van der Waals surface area contributed by atoms with E-state index in [0.717, 1.165) is 0 Å². The molecule has 0 saturated heterocycles. The van der Waals surface area contributed by atoms with Gasteiger partial charge < -0.3 is 19.7 Å². The first-order valence-electron chi connectivity index (χ1n) is 5.98. The number of alkyl carbamates (subject to hydrolysis) is 1. The molecule has 0 fully saturated rings. The molecule has 0 aromatic carbocycles. The second-order valence-electron chi connectivity index (χ2n) is 5.29. The maximum absolute atomic E-state index is 11.7. The van der Waals surface area contributed by atoms with Gasteiger partial charge in [-0.25, -0.2) is 9.78 Å². The molecule has 0 spiro atoms. The van der Waals surface area contributed by atoms with E-state index in [9.17, 15) is 9.59 Å². The number of imidazole rings is 1. The molecule has 20 heavy (non-hydrogen) atoms. The molecule has 1 rings (SSSR count). The van der Waals surface area contributed by atoms with Crippen molar-refractivity contribution in [2.45, 2.75) is 38.8 Å². The molecule has 0 radical (unpaired) electrons. The van der Waals surface area contributed by atoms with E-state index in [0.29, 0.717) is 11.0 Å². The minimum absolute atomic E-state index is 0.319. The Kier molecular flexibility index (Phi) is 4.99. The quantitative estimate of drug-likeness (QED) is 0.888. The molecule has 0 unspecified atom stereocenters. The minimum atomic E-state index is -1.06. The van der Waals surface area contributed by atoms with E-state index in [-0.39, 0.29) is 6.42 Å². The summed E-state index contributed by atoms with van der Waals surface area (Å²) in [5.74, 6) is -0.714. The van der Waals surface area contributed by atoms with Crippen LogP contribution in [0, 0.1) is 0 Å². The van der Waals surface area contributed by atoms with Crippen LogP contribution in [0.25, 0.3) is 0 Å². The zero-order valence-corrected chi connectivity index (χ0v) is 12.6. The predicted octanol–water partition coefficient (Wildman–Crippen LogP) is 2.11. The number of carbonyl (C=O) groups is 2. The van der Waals surface area contributed by atoms with Gasteiger partial charge in [0.2, 0.25) is 0 Å². The summed E-state index contributed by atoms with van der Waals surface area (Å²) in [5.41, 5.74) is -0.670. The van der Waals surface area contributed by atoms with Gasteiger partial charge in [-0.15, -0.1) is 0 Å². The number of amides is 1. The number of aliphatic carboxylic acids is 1. The highest BCUT2D eigenvalue weighted by Crippen LogP contribution is 2.20. The normalized spacial score (nSPS) is 12.8. The van der Waals surface area contributed by atoms with Crippen LogP contribution in [0.15, 0.2) is 6.20 Å². The number of carbonyl (C=O) groups excluding carboxylic acids is 1. The van der Waals surface area contributed by atoms with Crippen LogP contribution >= 0.6 is 11.6 Å². The van der Waals surface area contributed by atoms with E-state index >= 15 is 0 Å². The Morgan fingerprint density at radius 3 is 2.55 bits per heavy atom. The Morgan fingerprint density at radius 1 is 1.55 bits per heavy atom. The van der Waals surface area contributed by atoms with Crippen molar-refractivity contribution in [3.8, 4) is 0 Å². The van der Waals surface area contributed by atoms with Crippen molar-refractivity contribution in [1.82, 2.24) is 14.9 Å². The number of carboxylic acid groups (broad SMARTS) is 1. The summed E-state index contributed by atoms with van der Waals surface area (Å²) in [4.78, 5) is 26.7. The highest BCUT2D eigenvalue weighted by molar-refractivity contribution is 6.29. The fraction of sp³-hybridized carbons (Fsp3) is 0.583. The van der Waals surface area contributed by atoms with Crippen LogP contribution in [0.5, 0.6) is 0 Å². The molecule has 0 aliphatic heterocycles. The van der Waals surface area contributed by atoms with E-state index in [1.54, 1.807) is 27.8 Å². The topological polar surface area (TPSA) is 93.5 Å². The Hall–Kier alpha value is -1.76. The van der Waals surface area contributed by atoms with Gasteiger partial charge in [0, 0.05) is 7.05 Å². The van der Waals surface area contributed by atoms with Gasteiger partial charge in [0.1, 0.15) is 22.6 Å². The van der Waals surface area contributed by atoms with Crippen molar-refractivity contribution >= 4 is 23.7 Å². The Balaban J connectivity index is 2.88. The number of rotatable bonds is 4. The summed E-state index contributed by atoms with van der Waals surface area (Å²) in [6.45, 7) is 5.16. The second kappa shape index (κ2) is 6.13. The lowest BCUT2D eigenvalue weighted by Gasteiger charge is -2.22. The number of nitrogens with zero attached hydrogens (tertiary/aromatic N) is 2. The first kappa shape index (κ1) is 16.3. The van der Waals surface area contributed by atoms with Crippen molar-refractivity contribution in [3.63, 3.8) is 0 Å². The average Bonchev–Trinajstić information content (AvgIpc) is 2.55. The highest BCUT2D eigenvalue weighted by atomic mass is 35.5. The molecule has 112 valence electrons. The number of hydrogen-bond acceptors (Lipinski definition) is 4. The Labute approximate surface area is 121 Å². The number of aromatic nitrogens is 2. The largest absolute Gasteiger partial charge is 0.481 e. The van der Waals surface area contributed by atoms with Crippen LogP contribution in [0.4, 0.5) is 4.79 Å². The smallest absolute Gasteiger partial charge is 0.408 e. The molecule has 1 heterocycles. The third kappa shape index (κ3) is 4.73. The Bertz CT molecular complexity index is 507. The van der Waals surface area contributed by atoms with Crippen molar-refractivity contribution in [2.24, 2.45) is 7.05 Å². The molecule has 0 aliphatic carbocycles. The van der Waals surface area contributed by atoms with Gasteiger partial charge in [-0.05, 0) is 20.8 Å².